The van der Waals surface area contributed by atoms with Gasteiger partial charge in [0.25, 0.3) is 5.56 Å². The lowest BCUT2D eigenvalue weighted by Crippen LogP contribution is -2.22. The normalized spacial score (nSPS) is 10.8. The average Bonchev–Trinajstić information content (AvgIpc) is 2.84. The monoisotopic (exact) mass is 306 g/mol. The van der Waals surface area contributed by atoms with Crippen LogP contribution in [0.3, 0.4) is 0 Å². The van der Waals surface area contributed by atoms with E-state index in [0.717, 1.165) is 6.20 Å². The molecule has 0 aliphatic heterocycles. The number of aromatic carboxylic acids is 1. The summed E-state index contributed by atoms with van der Waals surface area (Å²) in [6.45, 7) is 0. The second-order valence-electron chi connectivity index (χ2n) is 4.00. The number of fused-ring (bicyclic) bond motifs is 1. The van der Waals surface area contributed by atoms with Crippen LogP contribution in [0.1, 0.15) is 10.4 Å². The van der Waals surface area contributed by atoms with E-state index in [1.807, 2.05) is 0 Å². The summed E-state index contributed by atoms with van der Waals surface area (Å²) in [5, 5.41) is 11.2. The van der Waals surface area contributed by atoms with Gasteiger partial charge in [-0.25, -0.2) is 9.78 Å². The molecule has 0 radical (unpaired) electrons. The summed E-state index contributed by atoms with van der Waals surface area (Å²) in [5.74, 6) is -1.30. The van der Waals surface area contributed by atoms with E-state index in [2.05, 4.69) is 4.98 Å². The molecule has 0 aliphatic carbocycles. The van der Waals surface area contributed by atoms with Crippen molar-refractivity contribution >= 4 is 33.9 Å². The minimum absolute atomic E-state index is 0.366. The number of benzene rings is 1. The predicted octanol–water partition coefficient (Wildman–Crippen LogP) is 2.77. The van der Waals surface area contributed by atoms with Crippen LogP contribution in [-0.4, -0.2) is 20.5 Å². The second-order valence-corrected chi connectivity index (χ2v) is 5.24. The number of rotatable bonds is 2. The van der Waals surface area contributed by atoms with Crippen molar-refractivity contribution in [1.29, 1.82) is 0 Å². The van der Waals surface area contributed by atoms with E-state index < -0.39 is 11.5 Å². The first-order chi connectivity index (χ1) is 9.59. The van der Waals surface area contributed by atoms with E-state index in [4.69, 9.17) is 16.7 Å². The Balaban J connectivity index is 2.39. The zero-order chi connectivity index (χ0) is 14.3. The van der Waals surface area contributed by atoms with E-state index in [-0.39, 0.29) is 5.56 Å². The molecule has 0 spiro atoms. The molecule has 2 heterocycles. The highest BCUT2D eigenvalue weighted by atomic mass is 35.5. The summed E-state index contributed by atoms with van der Waals surface area (Å²) in [6.07, 6.45) is 1.08. The maximum absolute atomic E-state index is 12.2. The third-order valence-electron chi connectivity index (χ3n) is 2.83. The van der Waals surface area contributed by atoms with Crippen LogP contribution < -0.4 is 5.56 Å². The number of aromatic nitrogens is 2. The maximum Gasteiger partial charge on any atom is 0.342 e. The van der Waals surface area contributed by atoms with Crippen LogP contribution >= 0.6 is 22.9 Å². The molecule has 5 nitrogen and oxygen atoms in total. The van der Waals surface area contributed by atoms with Crippen molar-refractivity contribution in [3.05, 3.63) is 56.8 Å². The second kappa shape index (κ2) is 4.73. The van der Waals surface area contributed by atoms with Gasteiger partial charge in [0.15, 0.2) is 4.96 Å². The third kappa shape index (κ3) is 1.90. The van der Waals surface area contributed by atoms with Crippen LogP contribution in [0.25, 0.3) is 16.2 Å². The minimum atomic E-state index is -1.30. The Bertz CT molecular complexity index is 885. The number of thiazole rings is 1. The first kappa shape index (κ1) is 12.8. The van der Waals surface area contributed by atoms with Gasteiger partial charge in [0, 0.05) is 16.0 Å². The quantitative estimate of drug-likeness (QED) is 0.790. The smallest absolute Gasteiger partial charge is 0.342 e. The number of nitrogens with zero attached hydrogens (tertiary/aromatic N) is 2. The van der Waals surface area contributed by atoms with Gasteiger partial charge in [-0.3, -0.25) is 9.20 Å². The van der Waals surface area contributed by atoms with Crippen molar-refractivity contribution in [2.24, 2.45) is 0 Å². The van der Waals surface area contributed by atoms with E-state index in [9.17, 15) is 9.59 Å². The van der Waals surface area contributed by atoms with E-state index in [1.54, 1.807) is 29.6 Å². The highest BCUT2D eigenvalue weighted by Crippen LogP contribution is 2.29. The number of carboxylic acids is 1. The zero-order valence-corrected chi connectivity index (χ0v) is 11.5. The lowest BCUT2D eigenvalue weighted by Gasteiger charge is -2.04. The number of hydrogen-bond donors (Lipinski definition) is 1. The van der Waals surface area contributed by atoms with Crippen LogP contribution in [0.2, 0.25) is 5.02 Å². The summed E-state index contributed by atoms with van der Waals surface area (Å²) < 4.78 is 1.27. The molecular weight excluding hydrogens is 300 g/mol. The van der Waals surface area contributed by atoms with Crippen molar-refractivity contribution in [3.8, 4) is 11.3 Å². The van der Waals surface area contributed by atoms with Gasteiger partial charge in [0.1, 0.15) is 5.56 Å². The molecule has 0 aliphatic rings. The average molecular weight is 307 g/mol. The summed E-state index contributed by atoms with van der Waals surface area (Å²) in [5.41, 5.74) is 0.218. The van der Waals surface area contributed by atoms with Crippen molar-refractivity contribution < 1.29 is 9.90 Å². The van der Waals surface area contributed by atoms with Crippen LogP contribution in [0.4, 0.5) is 0 Å². The molecule has 0 bridgehead atoms. The fourth-order valence-corrected chi connectivity index (χ4v) is 2.98. The molecule has 0 unspecified atom stereocenters. The highest BCUT2D eigenvalue weighted by molar-refractivity contribution is 7.15. The molecule has 20 heavy (non-hydrogen) atoms. The Morgan fingerprint density at radius 1 is 1.35 bits per heavy atom. The molecule has 0 saturated carbocycles. The van der Waals surface area contributed by atoms with Crippen LogP contribution in [-0.2, 0) is 0 Å². The Hall–Kier alpha value is -2.18. The summed E-state index contributed by atoms with van der Waals surface area (Å²) in [7, 11) is 0. The van der Waals surface area contributed by atoms with E-state index in [0.29, 0.717) is 21.2 Å². The predicted molar refractivity (Wildman–Crippen MR) is 76.7 cm³/mol. The molecule has 0 fully saturated rings. The van der Waals surface area contributed by atoms with Gasteiger partial charge >= 0.3 is 5.97 Å². The lowest BCUT2D eigenvalue weighted by molar-refractivity contribution is 0.0694. The Morgan fingerprint density at radius 3 is 2.80 bits per heavy atom. The van der Waals surface area contributed by atoms with Gasteiger partial charge in [-0.05, 0) is 6.07 Å². The molecule has 7 heteroatoms. The van der Waals surface area contributed by atoms with Crippen LogP contribution in [0.5, 0.6) is 0 Å². The van der Waals surface area contributed by atoms with Gasteiger partial charge in [-0.2, -0.15) is 0 Å². The van der Waals surface area contributed by atoms with Crippen molar-refractivity contribution in [1.82, 2.24) is 9.38 Å². The fourth-order valence-electron chi connectivity index (χ4n) is 1.90. The van der Waals surface area contributed by atoms with Gasteiger partial charge < -0.3 is 5.11 Å². The molecule has 100 valence electrons. The van der Waals surface area contributed by atoms with Crippen LogP contribution in [0, 0.1) is 0 Å². The van der Waals surface area contributed by atoms with E-state index >= 15 is 0 Å². The molecule has 2 aromatic heterocycles. The Labute approximate surface area is 121 Å². The van der Waals surface area contributed by atoms with E-state index in [1.165, 1.54) is 15.7 Å². The van der Waals surface area contributed by atoms with Gasteiger partial charge in [-0.15, -0.1) is 11.3 Å². The maximum atomic E-state index is 12.2. The summed E-state index contributed by atoms with van der Waals surface area (Å²) in [6, 6.07) is 7.05. The standard InChI is InChI=1S/C13H7ClN2O3S/c14-9-4-2-1-3-7(9)10-6-20-13-15-5-8(12(18)19)11(17)16(10)13/h1-6H,(H,18,19). The molecule has 0 amide bonds. The molecule has 3 rings (SSSR count). The Morgan fingerprint density at radius 2 is 2.10 bits per heavy atom. The first-order valence-corrected chi connectivity index (χ1v) is 6.83. The third-order valence-corrected chi connectivity index (χ3v) is 4.00. The van der Waals surface area contributed by atoms with Gasteiger partial charge in [0.05, 0.1) is 11.9 Å². The number of carbonyl (C=O) groups is 1. The zero-order valence-electron chi connectivity index (χ0n) is 9.91. The largest absolute Gasteiger partial charge is 0.477 e. The number of halogens is 1. The number of hydrogen-bond acceptors (Lipinski definition) is 4. The summed E-state index contributed by atoms with van der Waals surface area (Å²) >= 11 is 7.38. The lowest BCUT2D eigenvalue weighted by atomic mass is 10.2. The fraction of sp³-hybridized carbons (Fsp3) is 0. The van der Waals surface area contributed by atoms with Crippen LogP contribution in [0.15, 0.2) is 40.6 Å². The van der Waals surface area contributed by atoms with Crippen molar-refractivity contribution in [2.75, 3.05) is 0 Å². The molecule has 1 N–H and O–H groups in total. The van der Waals surface area contributed by atoms with Gasteiger partial charge in [-0.1, -0.05) is 29.8 Å². The first-order valence-electron chi connectivity index (χ1n) is 5.57. The molecule has 0 saturated heterocycles. The summed E-state index contributed by atoms with van der Waals surface area (Å²) in [4.78, 5) is 27.7. The highest BCUT2D eigenvalue weighted by Gasteiger charge is 2.17. The Kier molecular flexibility index (Phi) is 3.04. The number of carboxylic acid groups (broad SMARTS) is 1. The molecule has 0 atom stereocenters. The van der Waals surface area contributed by atoms with Crippen molar-refractivity contribution in [3.63, 3.8) is 0 Å². The van der Waals surface area contributed by atoms with Crippen molar-refractivity contribution in [2.45, 2.75) is 0 Å². The molecule has 1 aromatic carbocycles. The minimum Gasteiger partial charge on any atom is -0.477 e. The molecular formula is C13H7ClN2O3S. The topological polar surface area (TPSA) is 71.7 Å². The van der Waals surface area contributed by atoms with Gasteiger partial charge in [0.2, 0.25) is 0 Å². The molecule has 3 aromatic rings. The SMILES string of the molecule is O=C(O)c1cnc2scc(-c3ccccc3Cl)n2c1=O.